The van der Waals surface area contributed by atoms with Crippen LogP contribution >= 0.6 is 0 Å². The summed E-state index contributed by atoms with van der Waals surface area (Å²) >= 11 is 0. The molecule has 0 aromatic heterocycles. The van der Waals surface area contributed by atoms with Crippen LogP contribution in [0, 0.1) is 11.6 Å². The molecule has 0 aliphatic carbocycles. The first kappa shape index (κ1) is 24.3. The molecule has 0 unspecified atom stereocenters. The van der Waals surface area contributed by atoms with Gasteiger partial charge in [0.2, 0.25) is 15.9 Å². The number of nitrogens with one attached hydrogen (secondary N) is 1. The minimum absolute atomic E-state index is 0.110. The number of benzene rings is 3. The summed E-state index contributed by atoms with van der Waals surface area (Å²) in [6, 6.07) is 14.0. The van der Waals surface area contributed by atoms with Crippen LogP contribution in [0.3, 0.4) is 0 Å². The standard InChI is InChI=1S/C22H17F5N2O3S/c23-16-8-6-15(7-9-16)13-29(33(31,32)18-4-2-1-3-5-18)14-21(30)28-17-10-11-20(24)19(12-17)22(25,26)27/h1-12H,13-14H2,(H,28,30). The minimum Gasteiger partial charge on any atom is -0.325 e. The third-order valence-corrected chi connectivity index (χ3v) is 6.33. The quantitative estimate of drug-likeness (QED) is 0.490. The summed E-state index contributed by atoms with van der Waals surface area (Å²) in [5.74, 6) is -2.99. The number of amides is 1. The molecule has 5 nitrogen and oxygen atoms in total. The first-order valence-electron chi connectivity index (χ1n) is 9.43. The van der Waals surface area contributed by atoms with Crippen LogP contribution in [-0.4, -0.2) is 25.2 Å². The Morgan fingerprint density at radius 1 is 0.909 bits per heavy atom. The maximum atomic E-state index is 13.5. The number of hydrogen-bond acceptors (Lipinski definition) is 3. The van der Waals surface area contributed by atoms with Crippen molar-refractivity contribution in [3.05, 3.63) is 95.6 Å². The predicted octanol–water partition coefficient (Wildman–Crippen LogP) is 4.81. The third-order valence-electron chi connectivity index (χ3n) is 4.53. The van der Waals surface area contributed by atoms with Crippen molar-refractivity contribution in [1.82, 2.24) is 4.31 Å². The van der Waals surface area contributed by atoms with E-state index >= 15 is 0 Å². The summed E-state index contributed by atoms with van der Waals surface area (Å²) in [7, 11) is -4.20. The maximum Gasteiger partial charge on any atom is 0.419 e. The summed E-state index contributed by atoms with van der Waals surface area (Å²) in [6.45, 7) is -1.06. The van der Waals surface area contributed by atoms with Crippen molar-refractivity contribution in [1.29, 1.82) is 0 Å². The highest BCUT2D eigenvalue weighted by Gasteiger charge is 2.34. The van der Waals surface area contributed by atoms with Crippen LogP contribution < -0.4 is 5.32 Å². The molecule has 33 heavy (non-hydrogen) atoms. The Morgan fingerprint density at radius 2 is 1.55 bits per heavy atom. The molecule has 0 aliphatic heterocycles. The highest BCUT2D eigenvalue weighted by Crippen LogP contribution is 2.33. The molecule has 1 amide bonds. The van der Waals surface area contributed by atoms with Gasteiger partial charge in [-0.05, 0) is 48.0 Å². The molecule has 0 aliphatic rings. The molecule has 3 aromatic rings. The largest absolute Gasteiger partial charge is 0.419 e. The number of sulfonamides is 1. The fourth-order valence-corrected chi connectivity index (χ4v) is 4.35. The summed E-state index contributed by atoms with van der Waals surface area (Å²) in [6.07, 6.45) is -4.98. The number of carbonyl (C=O) groups excluding carboxylic acids is 1. The number of nitrogens with zero attached hydrogens (tertiary/aromatic N) is 1. The van der Waals surface area contributed by atoms with Gasteiger partial charge >= 0.3 is 6.18 Å². The normalized spacial score (nSPS) is 12.1. The number of hydrogen-bond donors (Lipinski definition) is 1. The van der Waals surface area contributed by atoms with E-state index in [0.29, 0.717) is 17.7 Å². The molecule has 0 saturated carbocycles. The van der Waals surface area contributed by atoms with E-state index in [0.717, 1.165) is 22.5 Å². The first-order chi connectivity index (χ1) is 15.5. The van der Waals surface area contributed by atoms with Crippen LogP contribution in [0.25, 0.3) is 0 Å². The fourth-order valence-electron chi connectivity index (χ4n) is 2.94. The van der Waals surface area contributed by atoms with Crippen LogP contribution in [0.2, 0.25) is 0 Å². The lowest BCUT2D eigenvalue weighted by Gasteiger charge is -2.22. The van der Waals surface area contributed by atoms with Crippen LogP contribution in [0.1, 0.15) is 11.1 Å². The molecule has 0 atom stereocenters. The molecule has 11 heteroatoms. The molecule has 0 heterocycles. The highest BCUT2D eigenvalue weighted by atomic mass is 32.2. The van der Waals surface area contributed by atoms with Gasteiger partial charge in [-0.2, -0.15) is 17.5 Å². The van der Waals surface area contributed by atoms with Crippen LogP contribution in [-0.2, 0) is 27.5 Å². The van der Waals surface area contributed by atoms with Gasteiger partial charge in [-0.1, -0.05) is 30.3 Å². The van der Waals surface area contributed by atoms with Gasteiger partial charge in [0.1, 0.15) is 11.6 Å². The van der Waals surface area contributed by atoms with E-state index in [1.807, 2.05) is 0 Å². The first-order valence-corrected chi connectivity index (χ1v) is 10.9. The van der Waals surface area contributed by atoms with Gasteiger partial charge in [0.25, 0.3) is 0 Å². The van der Waals surface area contributed by atoms with Crippen molar-refractivity contribution in [2.24, 2.45) is 0 Å². The van der Waals surface area contributed by atoms with Crippen molar-refractivity contribution in [2.75, 3.05) is 11.9 Å². The van der Waals surface area contributed by atoms with Gasteiger partial charge < -0.3 is 5.32 Å². The monoisotopic (exact) mass is 484 g/mol. The Hall–Kier alpha value is -3.31. The van der Waals surface area contributed by atoms with Crippen molar-refractivity contribution < 1.29 is 35.2 Å². The lowest BCUT2D eigenvalue weighted by atomic mass is 10.2. The number of carbonyl (C=O) groups is 1. The Labute approximate surface area is 186 Å². The lowest BCUT2D eigenvalue weighted by molar-refractivity contribution is -0.140. The van der Waals surface area contributed by atoms with Crippen molar-refractivity contribution in [2.45, 2.75) is 17.6 Å². The number of halogens is 5. The summed E-state index contributed by atoms with van der Waals surface area (Å²) < 4.78 is 92.5. The van der Waals surface area contributed by atoms with Crippen molar-refractivity contribution >= 4 is 21.6 Å². The number of alkyl halides is 3. The predicted molar refractivity (Wildman–Crippen MR) is 110 cm³/mol. The molecular weight excluding hydrogens is 467 g/mol. The maximum absolute atomic E-state index is 13.5. The Balaban J connectivity index is 1.87. The van der Waals surface area contributed by atoms with Crippen molar-refractivity contribution in [3.63, 3.8) is 0 Å². The van der Waals surface area contributed by atoms with Crippen LogP contribution in [0.15, 0.2) is 77.7 Å². The summed E-state index contributed by atoms with van der Waals surface area (Å²) in [4.78, 5) is 12.4. The van der Waals surface area contributed by atoms with Crippen molar-refractivity contribution in [3.8, 4) is 0 Å². The Morgan fingerprint density at radius 3 is 2.15 bits per heavy atom. The topological polar surface area (TPSA) is 66.5 Å². The zero-order valence-corrected chi connectivity index (χ0v) is 17.6. The van der Waals surface area contributed by atoms with E-state index in [1.54, 1.807) is 6.07 Å². The zero-order chi connectivity index (χ0) is 24.2. The average Bonchev–Trinajstić information content (AvgIpc) is 2.76. The molecular formula is C22H17F5N2O3S. The fraction of sp³-hybridized carbons (Fsp3) is 0.136. The number of rotatable bonds is 7. The Bertz CT molecular complexity index is 1230. The van der Waals surface area contributed by atoms with Gasteiger partial charge in [0, 0.05) is 12.2 Å². The molecule has 3 aromatic carbocycles. The van der Waals surface area contributed by atoms with E-state index in [-0.39, 0.29) is 17.1 Å². The van der Waals surface area contributed by atoms with E-state index in [4.69, 9.17) is 0 Å². The Kier molecular flexibility index (Phi) is 7.13. The summed E-state index contributed by atoms with van der Waals surface area (Å²) in [5, 5.41) is 2.16. The van der Waals surface area contributed by atoms with Gasteiger partial charge in [-0.25, -0.2) is 17.2 Å². The van der Waals surface area contributed by atoms with E-state index < -0.39 is 45.8 Å². The third kappa shape index (κ3) is 6.14. The van der Waals surface area contributed by atoms with E-state index in [9.17, 15) is 35.2 Å². The smallest absolute Gasteiger partial charge is 0.325 e. The van der Waals surface area contributed by atoms with Gasteiger partial charge in [-0.15, -0.1) is 0 Å². The van der Waals surface area contributed by atoms with Gasteiger partial charge in [0.05, 0.1) is 17.0 Å². The summed E-state index contributed by atoms with van der Waals surface area (Å²) in [5.41, 5.74) is -1.54. The van der Waals surface area contributed by atoms with E-state index in [2.05, 4.69) is 5.32 Å². The second-order valence-electron chi connectivity index (χ2n) is 6.95. The van der Waals surface area contributed by atoms with Gasteiger partial charge in [0.15, 0.2) is 0 Å². The second kappa shape index (κ2) is 9.67. The molecule has 0 fully saturated rings. The lowest BCUT2D eigenvalue weighted by Crippen LogP contribution is -2.37. The minimum atomic E-state index is -4.98. The van der Waals surface area contributed by atoms with Gasteiger partial charge in [-0.3, -0.25) is 4.79 Å². The molecule has 174 valence electrons. The highest BCUT2D eigenvalue weighted by molar-refractivity contribution is 7.89. The molecule has 0 spiro atoms. The molecule has 0 radical (unpaired) electrons. The zero-order valence-electron chi connectivity index (χ0n) is 16.8. The van der Waals surface area contributed by atoms with Crippen LogP contribution in [0.4, 0.5) is 27.6 Å². The van der Waals surface area contributed by atoms with E-state index in [1.165, 1.54) is 36.4 Å². The average molecular weight is 484 g/mol. The molecule has 3 rings (SSSR count). The SMILES string of the molecule is O=C(CN(Cc1ccc(F)cc1)S(=O)(=O)c1ccccc1)Nc1ccc(F)c(C(F)(F)F)c1. The van der Waals surface area contributed by atoms with Crippen LogP contribution in [0.5, 0.6) is 0 Å². The molecule has 0 bridgehead atoms. The second-order valence-corrected chi connectivity index (χ2v) is 8.89. The number of anilines is 1. The molecule has 0 saturated heterocycles. The molecule has 1 N–H and O–H groups in total.